The van der Waals surface area contributed by atoms with Crippen LogP contribution in [0.2, 0.25) is 0 Å². The van der Waals surface area contributed by atoms with E-state index in [4.69, 9.17) is 5.73 Å². The van der Waals surface area contributed by atoms with Crippen molar-refractivity contribution in [2.75, 3.05) is 18.0 Å². The molecule has 0 bridgehead atoms. The van der Waals surface area contributed by atoms with E-state index >= 15 is 0 Å². The highest BCUT2D eigenvalue weighted by molar-refractivity contribution is 5.73. The number of hydrogen-bond donors (Lipinski definition) is 1. The smallest absolute Gasteiger partial charge is 0.0470 e. The van der Waals surface area contributed by atoms with Crippen molar-refractivity contribution in [2.24, 2.45) is 5.73 Å². The predicted octanol–water partition coefficient (Wildman–Crippen LogP) is 4.41. The lowest BCUT2D eigenvalue weighted by molar-refractivity contribution is 0.811. The zero-order valence-corrected chi connectivity index (χ0v) is 13.6. The Bertz CT molecular complexity index is 525. The van der Waals surface area contributed by atoms with Gasteiger partial charge in [0.2, 0.25) is 0 Å². The third-order valence-corrected chi connectivity index (χ3v) is 4.00. The number of anilines is 2. The first-order valence-corrected chi connectivity index (χ1v) is 7.66. The van der Waals surface area contributed by atoms with Gasteiger partial charge in [-0.25, -0.2) is 0 Å². The van der Waals surface area contributed by atoms with Crippen LogP contribution in [0, 0.1) is 27.7 Å². The highest BCUT2D eigenvalue weighted by Crippen LogP contribution is 2.35. The molecule has 0 atom stereocenters. The summed E-state index contributed by atoms with van der Waals surface area (Å²) in [5.74, 6) is 0. The largest absolute Gasteiger partial charge is 0.341 e. The van der Waals surface area contributed by atoms with Gasteiger partial charge in [0.1, 0.15) is 0 Å². The van der Waals surface area contributed by atoms with Gasteiger partial charge < -0.3 is 10.6 Å². The van der Waals surface area contributed by atoms with Crippen molar-refractivity contribution >= 4 is 11.4 Å². The first-order valence-electron chi connectivity index (χ1n) is 7.66. The van der Waals surface area contributed by atoms with Gasteiger partial charge in [0.05, 0.1) is 0 Å². The molecular formula is C19H26N2. The summed E-state index contributed by atoms with van der Waals surface area (Å²) in [6, 6.07) is 13.0. The van der Waals surface area contributed by atoms with Crippen LogP contribution < -0.4 is 10.6 Å². The third-order valence-electron chi connectivity index (χ3n) is 4.00. The van der Waals surface area contributed by atoms with Gasteiger partial charge >= 0.3 is 0 Å². The standard InChI is InChI=1S/C19H26N2/c1-14-8-5-9-15(2)18(14)21(13-7-12-20)19-16(3)10-6-11-17(19)4/h5-6,8-11H,7,12-13,20H2,1-4H3. The molecular weight excluding hydrogens is 256 g/mol. The van der Waals surface area contributed by atoms with Crippen LogP contribution in [0.15, 0.2) is 36.4 Å². The molecule has 0 aliphatic carbocycles. The molecule has 112 valence electrons. The highest BCUT2D eigenvalue weighted by atomic mass is 15.1. The van der Waals surface area contributed by atoms with Gasteiger partial charge in [0.25, 0.3) is 0 Å². The summed E-state index contributed by atoms with van der Waals surface area (Å²) in [5.41, 5.74) is 13.7. The molecule has 0 aromatic heterocycles. The topological polar surface area (TPSA) is 29.3 Å². The van der Waals surface area contributed by atoms with E-state index in [1.165, 1.54) is 33.6 Å². The van der Waals surface area contributed by atoms with Gasteiger partial charge in [-0.15, -0.1) is 0 Å². The van der Waals surface area contributed by atoms with Crippen molar-refractivity contribution in [2.45, 2.75) is 34.1 Å². The summed E-state index contributed by atoms with van der Waals surface area (Å²) >= 11 is 0. The first kappa shape index (κ1) is 15.6. The van der Waals surface area contributed by atoms with E-state index in [1.807, 2.05) is 0 Å². The average Bonchev–Trinajstić information content (AvgIpc) is 2.43. The number of hydrogen-bond acceptors (Lipinski definition) is 2. The van der Waals surface area contributed by atoms with Crippen LogP contribution in [0.25, 0.3) is 0 Å². The molecule has 0 aliphatic heterocycles. The van der Waals surface area contributed by atoms with Crippen LogP contribution in [-0.2, 0) is 0 Å². The molecule has 0 unspecified atom stereocenters. The molecule has 2 nitrogen and oxygen atoms in total. The lowest BCUT2D eigenvalue weighted by atomic mass is 10.0. The lowest BCUT2D eigenvalue weighted by Gasteiger charge is -2.31. The number of para-hydroxylation sites is 2. The van der Waals surface area contributed by atoms with Crippen LogP contribution in [0.1, 0.15) is 28.7 Å². The van der Waals surface area contributed by atoms with Crippen LogP contribution in [0.4, 0.5) is 11.4 Å². The summed E-state index contributed by atoms with van der Waals surface area (Å²) in [5, 5.41) is 0. The molecule has 0 aliphatic rings. The molecule has 21 heavy (non-hydrogen) atoms. The van der Waals surface area contributed by atoms with Crippen molar-refractivity contribution in [3.05, 3.63) is 58.7 Å². The lowest BCUT2D eigenvalue weighted by Crippen LogP contribution is -2.24. The van der Waals surface area contributed by atoms with Gasteiger partial charge in [-0.3, -0.25) is 0 Å². The summed E-state index contributed by atoms with van der Waals surface area (Å²) in [6.07, 6.45) is 0.988. The number of nitrogens with zero attached hydrogens (tertiary/aromatic N) is 1. The Hall–Kier alpha value is -1.80. The number of benzene rings is 2. The van der Waals surface area contributed by atoms with Crippen molar-refractivity contribution in [3.8, 4) is 0 Å². The number of aryl methyl sites for hydroxylation is 4. The van der Waals surface area contributed by atoms with E-state index in [-0.39, 0.29) is 0 Å². The minimum absolute atomic E-state index is 0.715. The van der Waals surface area contributed by atoms with Gasteiger partial charge in [0.15, 0.2) is 0 Å². The van der Waals surface area contributed by atoms with Crippen LogP contribution >= 0.6 is 0 Å². The molecule has 2 N–H and O–H groups in total. The molecule has 0 saturated heterocycles. The van der Waals surface area contributed by atoms with Crippen LogP contribution in [0.3, 0.4) is 0 Å². The van der Waals surface area contributed by atoms with Crippen LogP contribution in [-0.4, -0.2) is 13.1 Å². The Kier molecular flexibility index (Phi) is 5.03. The van der Waals surface area contributed by atoms with E-state index in [1.54, 1.807) is 0 Å². The zero-order chi connectivity index (χ0) is 15.4. The fraction of sp³-hybridized carbons (Fsp3) is 0.368. The molecule has 2 rings (SSSR count). The number of nitrogens with two attached hydrogens (primary N) is 1. The third kappa shape index (κ3) is 3.27. The van der Waals surface area contributed by atoms with Crippen molar-refractivity contribution in [3.63, 3.8) is 0 Å². The molecule has 0 fully saturated rings. The molecule has 2 aromatic carbocycles. The van der Waals surface area contributed by atoms with E-state index in [2.05, 4.69) is 69.0 Å². The Balaban J connectivity index is 2.59. The molecule has 2 aromatic rings. The van der Waals surface area contributed by atoms with E-state index in [0.717, 1.165) is 13.0 Å². The fourth-order valence-corrected chi connectivity index (χ4v) is 3.05. The maximum absolute atomic E-state index is 5.76. The Labute approximate surface area is 128 Å². The van der Waals surface area contributed by atoms with Crippen molar-refractivity contribution in [1.29, 1.82) is 0 Å². The molecule has 0 heterocycles. The fourth-order valence-electron chi connectivity index (χ4n) is 3.05. The SMILES string of the molecule is Cc1cccc(C)c1N(CCCN)c1c(C)cccc1C. The van der Waals surface area contributed by atoms with Gasteiger partial charge in [-0.2, -0.15) is 0 Å². The Morgan fingerprint density at radius 1 is 0.762 bits per heavy atom. The normalized spacial score (nSPS) is 10.7. The second kappa shape index (κ2) is 6.77. The van der Waals surface area contributed by atoms with E-state index in [9.17, 15) is 0 Å². The molecule has 0 amide bonds. The summed E-state index contributed by atoms with van der Waals surface area (Å²) in [6.45, 7) is 10.4. The predicted molar refractivity (Wildman–Crippen MR) is 92.5 cm³/mol. The minimum atomic E-state index is 0.715. The molecule has 2 heteroatoms. The molecule has 0 radical (unpaired) electrons. The zero-order valence-electron chi connectivity index (χ0n) is 13.6. The molecule has 0 saturated carbocycles. The summed E-state index contributed by atoms with van der Waals surface area (Å²) in [7, 11) is 0. The Morgan fingerprint density at radius 2 is 1.14 bits per heavy atom. The highest BCUT2D eigenvalue weighted by Gasteiger charge is 2.17. The van der Waals surface area contributed by atoms with Gasteiger partial charge in [-0.1, -0.05) is 36.4 Å². The average molecular weight is 282 g/mol. The molecule has 0 spiro atoms. The van der Waals surface area contributed by atoms with Gasteiger partial charge in [0, 0.05) is 17.9 Å². The summed E-state index contributed by atoms with van der Waals surface area (Å²) < 4.78 is 0. The van der Waals surface area contributed by atoms with Crippen LogP contribution in [0.5, 0.6) is 0 Å². The maximum atomic E-state index is 5.76. The van der Waals surface area contributed by atoms with Crippen molar-refractivity contribution in [1.82, 2.24) is 0 Å². The van der Waals surface area contributed by atoms with Crippen molar-refractivity contribution < 1.29 is 0 Å². The second-order valence-electron chi connectivity index (χ2n) is 5.77. The van der Waals surface area contributed by atoms with Gasteiger partial charge in [-0.05, 0) is 62.9 Å². The van der Waals surface area contributed by atoms with E-state index < -0.39 is 0 Å². The Morgan fingerprint density at radius 3 is 1.48 bits per heavy atom. The second-order valence-corrected chi connectivity index (χ2v) is 5.77. The summed E-state index contributed by atoms with van der Waals surface area (Å²) in [4.78, 5) is 2.45. The quantitative estimate of drug-likeness (QED) is 0.880. The van der Waals surface area contributed by atoms with E-state index in [0.29, 0.717) is 6.54 Å². The first-order chi connectivity index (χ1) is 10.1. The maximum Gasteiger partial charge on any atom is 0.0470 e. The minimum Gasteiger partial charge on any atom is -0.341 e. The monoisotopic (exact) mass is 282 g/mol. The number of rotatable bonds is 5.